The first-order valence-electron chi connectivity index (χ1n) is 6.11. The zero-order chi connectivity index (χ0) is 14.0. The van der Waals surface area contributed by atoms with Crippen LogP contribution in [0.1, 0.15) is 21.5 Å². The van der Waals surface area contributed by atoms with Gasteiger partial charge in [0.15, 0.2) is 0 Å². The second kappa shape index (κ2) is 5.18. The summed E-state index contributed by atoms with van der Waals surface area (Å²) in [5, 5.41) is 8.17. The number of nitrogens with zero attached hydrogens (tertiary/aromatic N) is 3. The van der Waals surface area contributed by atoms with Crippen LogP contribution in [0, 0.1) is 13.8 Å². The topological polar surface area (TPSA) is 46.1 Å². The van der Waals surface area contributed by atoms with E-state index in [0.29, 0.717) is 5.56 Å². The summed E-state index contributed by atoms with van der Waals surface area (Å²) in [6.07, 6.45) is 1.74. The second-order valence-electron chi connectivity index (χ2n) is 4.78. The predicted octanol–water partition coefficient (Wildman–Crippen LogP) is 2.46. The average Bonchev–Trinajstić information content (AvgIpc) is 2.41. The van der Waals surface area contributed by atoms with E-state index >= 15 is 0 Å². The van der Waals surface area contributed by atoms with Crippen LogP contribution in [0.15, 0.2) is 30.5 Å². The van der Waals surface area contributed by atoms with Crippen molar-refractivity contribution in [3.8, 4) is 11.3 Å². The summed E-state index contributed by atoms with van der Waals surface area (Å²) in [7, 11) is 3.49. The van der Waals surface area contributed by atoms with Crippen molar-refractivity contribution in [2.24, 2.45) is 0 Å². The van der Waals surface area contributed by atoms with E-state index in [-0.39, 0.29) is 5.91 Å². The third-order valence-corrected chi connectivity index (χ3v) is 3.14. The largest absolute Gasteiger partial charge is 0.345 e. The third-order valence-electron chi connectivity index (χ3n) is 3.14. The molecule has 0 spiro atoms. The summed E-state index contributed by atoms with van der Waals surface area (Å²) in [6.45, 7) is 4.02. The van der Waals surface area contributed by atoms with Gasteiger partial charge in [-0.3, -0.25) is 4.79 Å². The van der Waals surface area contributed by atoms with Crippen LogP contribution in [-0.2, 0) is 0 Å². The van der Waals surface area contributed by atoms with Crippen molar-refractivity contribution in [1.82, 2.24) is 15.1 Å². The van der Waals surface area contributed by atoms with Gasteiger partial charge in [0.1, 0.15) is 0 Å². The van der Waals surface area contributed by atoms with Crippen LogP contribution in [-0.4, -0.2) is 35.1 Å². The van der Waals surface area contributed by atoms with Gasteiger partial charge in [-0.15, -0.1) is 0 Å². The molecular formula is C15H17N3O. The number of hydrogen-bond acceptors (Lipinski definition) is 3. The zero-order valence-corrected chi connectivity index (χ0v) is 11.6. The van der Waals surface area contributed by atoms with Gasteiger partial charge < -0.3 is 4.90 Å². The van der Waals surface area contributed by atoms with Crippen molar-refractivity contribution in [2.75, 3.05) is 14.1 Å². The lowest BCUT2D eigenvalue weighted by atomic mass is 10.0. The van der Waals surface area contributed by atoms with E-state index in [9.17, 15) is 4.79 Å². The first kappa shape index (κ1) is 13.2. The molecule has 0 fully saturated rings. The lowest BCUT2D eigenvalue weighted by molar-refractivity contribution is 0.0827. The smallest absolute Gasteiger partial charge is 0.253 e. The molecule has 0 N–H and O–H groups in total. The highest BCUT2D eigenvalue weighted by atomic mass is 16.2. The number of benzene rings is 1. The monoisotopic (exact) mass is 255 g/mol. The first-order valence-corrected chi connectivity index (χ1v) is 6.11. The number of hydrogen-bond donors (Lipinski definition) is 0. The molecule has 0 radical (unpaired) electrons. The minimum Gasteiger partial charge on any atom is -0.345 e. The molecule has 2 aromatic rings. The molecule has 0 aliphatic rings. The zero-order valence-electron chi connectivity index (χ0n) is 11.6. The Morgan fingerprint density at radius 1 is 1.21 bits per heavy atom. The molecule has 1 heterocycles. The van der Waals surface area contributed by atoms with E-state index in [2.05, 4.69) is 10.2 Å². The lowest BCUT2D eigenvalue weighted by Gasteiger charge is -2.12. The molecule has 0 saturated heterocycles. The van der Waals surface area contributed by atoms with E-state index in [4.69, 9.17) is 0 Å². The Hall–Kier alpha value is -2.23. The summed E-state index contributed by atoms with van der Waals surface area (Å²) < 4.78 is 0. The quantitative estimate of drug-likeness (QED) is 0.828. The molecule has 2 rings (SSSR count). The van der Waals surface area contributed by atoms with Gasteiger partial charge in [-0.1, -0.05) is 12.1 Å². The van der Waals surface area contributed by atoms with Crippen LogP contribution in [0.25, 0.3) is 11.3 Å². The number of aryl methyl sites for hydroxylation is 1. The number of carbonyl (C=O) groups excluding carboxylic acids is 1. The number of rotatable bonds is 2. The number of amides is 1. The SMILES string of the molecule is Cc1cnnc(-c2cccc(C(=O)N(C)C)c2)c1C. The minimum absolute atomic E-state index is 0.0138. The van der Waals surface area contributed by atoms with Gasteiger partial charge in [-0.05, 0) is 37.1 Å². The number of carbonyl (C=O) groups is 1. The van der Waals surface area contributed by atoms with Crippen LogP contribution < -0.4 is 0 Å². The van der Waals surface area contributed by atoms with E-state index < -0.39 is 0 Å². The van der Waals surface area contributed by atoms with Gasteiger partial charge in [0.2, 0.25) is 0 Å². The Morgan fingerprint density at radius 2 is 1.95 bits per heavy atom. The minimum atomic E-state index is -0.0138. The molecule has 0 aliphatic carbocycles. The van der Waals surface area contributed by atoms with Gasteiger partial charge in [0, 0.05) is 25.2 Å². The molecular weight excluding hydrogens is 238 g/mol. The van der Waals surface area contributed by atoms with E-state index in [1.54, 1.807) is 25.2 Å². The highest BCUT2D eigenvalue weighted by Gasteiger charge is 2.11. The van der Waals surface area contributed by atoms with Crippen LogP contribution in [0.5, 0.6) is 0 Å². The van der Waals surface area contributed by atoms with E-state index in [0.717, 1.165) is 22.4 Å². The van der Waals surface area contributed by atoms with Gasteiger partial charge >= 0.3 is 0 Å². The first-order chi connectivity index (χ1) is 9.00. The van der Waals surface area contributed by atoms with E-state index in [1.165, 1.54) is 0 Å². The van der Waals surface area contributed by atoms with Gasteiger partial charge in [-0.25, -0.2) is 0 Å². The van der Waals surface area contributed by atoms with Gasteiger partial charge in [0.05, 0.1) is 11.9 Å². The molecule has 0 unspecified atom stereocenters. The maximum atomic E-state index is 12.0. The molecule has 4 heteroatoms. The van der Waals surface area contributed by atoms with Crippen molar-refractivity contribution >= 4 is 5.91 Å². The molecule has 0 saturated carbocycles. The Bertz CT molecular complexity index is 621. The maximum absolute atomic E-state index is 12.0. The molecule has 0 bridgehead atoms. The van der Waals surface area contributed by atoms with E-state index in [1.807, 2.05) is 38.1 Å². The fourth-order valence-electron chi connectivity index (χ4n) is 1.86. The summed E-state index contributed by atoms with van der Waals surface area (Å²) in [6, 6.07) is 7.49. The van der Waals surface area contributed by atoms with Crippen molar-refractivity contribution in [3.63, 3.8) is 0 Å². The Labute approximate surface area is 113 Å². The third kappa shape index (κ3) is 2.62. The van der Waals surface area contributed by atoms with Crippen LogP contribution in [0.4, 0.5) is 0 Å². The van der Waals surface area contributed by atoms with Gasteiger partial charge in [0.25, 0.3) is 5.91 Å². The average molecular weight is 255 g/mol. The summed E-state index contributed by atoms with van der Waals surface area (Å²) >= 11 is 0. The van der Waals surface area contributed by atoms with Crippen molar-refractivity contribution in [2.45, 2.75) is 13.8 Å². The standard InChI is InChI=1S/C15H17N3O/c1-10-9-16-17-14(11(10)2)12-6-5-7-13(8-12)15(19)18(3)4/h5-9H,1-4H3. The second-order valence-corrected chi connectivity index (χ2v) is 4.78. The van der Waals surface area contributed by atoms with Crippen molar-refractivity contribution in [1.29, 1.82) is 0 Å². The van der Waals surface area contributed by atoms with Crippen LogP contribution in [0.3, 0.4) is 0 Å². The number of aromatic nitrogens is 2. The molecule has 0 aliphatic heterocycles. The van der Waals surface area contributed by atoms with Crippen LogP contribution >= 0.6 is 0 Å². The highest BCUT2D eigenvalue weighted by Crippen LogP contribution is 2.23. The predicted molar refractivity (Wildman–Crippen MR) is 75.0 cm³/mol. The van der Waals surface area contributed by atoms with Gasteiger partial charge in [-0.2, -0.15) is 10.2 Å². The fourth-order valence-corrected chi connectivity index (χ4v) is 1.86. The maximum Gasteiger partial charge on any atom is 0.253 e. The Kier molecular flexibility index (Phi) is 3.60. The fraction of sp³-hybridized carbons (Fsp3) is 0.267. The van der Waals surface area contributed by atoms with Crippen molar-refractivity contribution < 1.29 is 4.79 Å². The normalized spacial score (nSPS) is 10.3. The highest BCUT2D eigenvalue weighted by molar-refractivity contribution is 5.95. The Morgan fingerprint density at radius 3 is 2.63 bits per heavy atom. The molecule has 19 heavy (non-hydrogen) atoms. The molecule has 1 amide bonds. The molecule has 98 valence electrons. The lowest BCUT2D eigenvalue weighted by Crippen LogP contribution is -2.21. The summed E-state index contributed by atoms with van der Waals surface area (Å²) in [5.41, 5.74) is 4.58. The molecule has 4 nitrogen and oxygen atoms in total. The van der Waals surface area contributed by atoms with Crippen molar-refractivity contribution in [3.05, 3.63) is 47.2 Å². The summed E-state index contributed by atoms with van der Waals surface area (Å²) in [4.78, 5) is 13.5. The molecule has 0 atom stereocenters. The summed E-state index contributed by atoms with van der Waals surface area (Å²) in [5.74, 6) is -0.0138. The van der Waals surface area contributed by atoms with Crippen LogP contribution in [0.2, 0.25) is 0 Å². The molecule has 1 aromatic heterocycles. The molecule has 1 aromatic carbocycles. The Balaban J connectivity index is 2.49.